The molecule has 0 aliphatic heterocycles. The Bertz CT molecular complexity index is 783. The zero-order valence-corrected chi connectivity index (χ0v) is 18.0. The molecule has 0 radical (unpaired) electrons. The normalized spacial score (nSPS) is 12.8. The van der Waals surface area contributed by atoms with Gasteiger partial charge < -0.3 is 10.0 Å². The van der Waals surface area contributed by atoms with E-state index in [2.05, 4.69) is 15.9 Å². The van der Waals surface area contributed by atoms with E-state index in [0.29, 0.717) is 12.0 Å². The van der Waals surface area contributed by atoms with Gasteiger partial charge >= 0.3 is 0 Å². The summed E-state index contributed by atoms with van der Waals surface area (Å²) in [6, 6.07) is 16.4. The van der Waals surface area contributed by atoms with Crippen molar-refractivity contribution in [2.75, 3.05) is 13.7 Å². The number of hydroxylamine groups is 1. The van der Waals surface area contributed by atoms with Crippen molar-refractivity contribution in [2.24, 2.45) is 5.92 Å². The Morgan fingerprint density at radius 1 is 1.10 bits per heavy atom. The van der Waals surface area contributed by atoms with Gasteiger partial charge in [0.25, 0.3) is 5.91 Å². The lowest BCUT2D eigenvalue weighted by Gasteiger charge is -2.29. The smallest absolute Gasteiger partial charge is 0.253 e. The van der Waals surface area contributed by atoms with Gasteiger partial charge in [0.2, 0.25) is 5.91 Å². The maximum atomic E-state index is 12.7. The van der Waals surface area contributed by atoms with Crippen LogP contribution < -0.4 is 5.48 Å². The highest BCUT2D eigenvalue weighted by atomic mass is 79.9. The Morgan fingerprint density at radius 3 is 2.34 bits per heavy atom. The lowest BCUT2D eigenvalue weighted by molar-refractivity contribution is -0.134. The second kappa shape index (κ2) is 11.7. The highest BCUT2D eigenvalue weighted by Crippen LogP contribution is 2.20. The van der Waals surface area contributed by atoms with Crippen molar-refractivity contribution in [3.63, 3.8) is 0 Å². The van der Waals surface area contributed by atoms with E-state index >= 15 is 0 Å². The summed E-state index contributed by atoms with van der Waals surface area (Å²) in [5, 5.41) is 19.0. The van der Waals surface area contributed by atoms with E-state index in [1.807, 2.05) is 30.3 Å². The van der Waals surface area contributed by atoms with Crippen LogP contribution in [-0.2, 0) is 11.2 Å². The van der Waals surface area contributed by atoms with E-state index in [-0.39, 0.29) is 18.9 Å². The molecule has 6 nitrogen and oxygen atoms in total. The summed E-state index contributed by atoms with van der Waals surface area (Å²) < 4.78 is 0.869. The summed E-state index contributed by atoms with van der Waals surface area (Å²) in [4.78, 5) is 26.3. The highest BCUT2D eigenvalue weighted by molar-refractivity contribution is 9.10. The molecule has 0 aliphatic carbocycles. The molecule has 0 saturated carbocycles. The first-order valence-corrected chi connectivity index (χ1v) is 10.4. The minimum atomic E-state index is -0.537. The van der Waals surface area contributed by atoms with E-state index in [0.717, 1.165) is 17.3 Å². The minimum Gasteiger partial charge on any atom is -0.394 e. The molecular formula is C22H27BrN2O4. The standard InChI is InChI=1S/C22H27BrN2O4/c1-25(22(28)17-10-12-19(23)13-11-17)20(15-26)14-18(21(27)24-29)9-5-8-16-6-3-2-4-7-16/h2-4,6-7,10-13,18,20,26,29H,5,8-9,14-15H2,1H3,(H,24,27). The number of aryl methyl sites for hydroxylation is 1. The number of halogens is 1. The largest absolute Gasteiger partial charge is 0.394 e. The molecule has 2 rings (SSSR count). The van der Waals surface area contributed by atoms with Crippen molar-refractivity contribution in [3.8, 4) is 0 Å². The molecule has 0 bridgehead atoms. The van der Waals surface area contributed by atoms with Crippen molar-refractivity contribution >= 4 is 27.7 Å². The summed E-state index contributed by atoms with van der Waals surface area (Å²) in [7, 11) is 1.61. The molecule has 0 aliphatic rings. The van der Waals surface area contributed by atoms with E-state index in [4.69, 9.17) is 5.21 Å². The predicted molar refractivity (Wildman–Crippen MR) is 115 cm³/mol. The molecule has 0 spiro atoms. The summed E-state index contributed by atoms with van der Waals surface area (Å²) in [6.07, 6.45) is 2.37. The number of rotatable bonds is 10. The van der Waals surface area contributed by atoms with Crippen LogP contribution in [0.15, 0.2) is 59.1 Å². The molecule has 0 saturated heterocycles. The van der Waals surface area contributed by atoms with Crippen molar-refractivity contribution < 1.29 is 19.9 Å². The number of nitrogens with one attached hydrogen (secondary N) is 1. The number of nitrogens with zero attached hydrogens (tertiary/aromatic N) is 1. The molecule has 156 valence electrons. The molecule has 2 amide bonds. The monoisotopic (exact) mass is 462 g/mol. The van der Waals surface area contributed by atoms with Gasteiger partial charge in [0.15, 0.2) is 0 Å². The molecule has 0 fully saturated rings. The number of benzene rings is 2. The third-order valence-corrected chi connectivity index (χ3v) is 5.60. The first kappa shape index (κ1) is 23.1. The van der Waals surface area contributed by atoms with Crippen molar-refractivity contribution in [3.05, 3.63) is 70.2 Å². The Kier molecular flexibility index (Phi) is 9.31. The van der Waals surface area contributed by atoms with Crippen LogP contribution in [0.5, 0.6) is 0 Å². The number of aliphatic hydroxyl groups is 1. The average molecular weight is 463 g/mol. The van der Waals surface area contributed by atoms with Gasteiger partial charge in [-0.25, -0.2) is 5.48 Å². The van der Waals surface area contributed by atoms with Crippen LogP contribution in [0, 0.1) is 5.92 Å². The zero-order valence-electron chi connectivity index (χ0n) is 16.4. The summed E-state index contributed by atoms with van der Waals surface area (Å²) in [5.74, 6) is -1.24. The fourth-order valence-electron chi connectivity index (χ4n) is 3.29. The lowest BCUT2D eigenvalue weighted by atomic mass is 9.92. The van der Waals surface area contributed by atoms with Gasteiger partial charge in [-0.15, -0.1) is 0 Å². The number of carbonyl (C=O) groups is 2. The van der Waals surface area contributed by atoms with E-state index in [1.165, 1.54) is 10.5 Å². The van der Waals surface area contributed by atoms with Gasteiger partial charge in [-0.3, -0.25) is 14.8 Å². The molecule has 2 aromatic carbocycles. The molecule has 3 N–H and O–H groups in total. The van der Waals surface area contributed by atoms with Crippen LogP contribution in [0.3, 0.4) is 0 Å². The highest BCUT2D eigenvalue weighted by Gasteiger charge is 2.27. The van der Waals surface area contributed by atoms with Crippen LogP contribution in [-0.4, -0.2) is 46.7 Å². The Morgan fingerprint density at radius 2 is 1.76 bits per heavy atom. The Hall–Kier alpha value is -2.22. The van der Waals surface area contributed by atoms with Gasteiger partial charge in [0.05, 0.1) is 12.6 Å². The van der Waals surface area contributed by atoms with Crippen LogP contribution in [0.25, 0.3) is 0 Å². The second-order valence-corrected chi connectivity index (χ2v) is 7.96. The first-order chi connectivity index (χ1) is 14.0. The summed E-state index contributed by atoms with van der Waals surface area (Å²) >= 11 is 3.34. The van der Waals surface area contributed by atoms with E-state index < -0.39 is 17.9 Å². The number of hydrogen-bond donors (Lipinski definition) is 3. The lowest BCUT2D eigenvalue weighted by Crippen LogP contribution is -2.43. The molecule has 7 heteroatoms. The molecule has 29 heavy (non-hydrogen) atoms. The molecule has 2 aromatic rings. The SMILES string of the molecule is CN(C(=O)c1ccc(Br)cc1)C(CO)CC(CCCc1ccccc1)C(=O)NO. The maximum absolute atomic E-state index is 12.7. The van der Waals surface area contributed by atoms with Crippen LogP contribution in [0.1, 0.15) is 35.2 Å². The topological polar surface area (TPSA) is 89.9 Å². The molecule has 2 atom stereocenters. The average Bonchev–Trinajstić information content (AvgIpc) is 2.76. The van der Waals surface area contributed by atoms with E-state index in [9.17, 15) is 14.7 Å². The Balaban J connectivity index is 2.01. The number of aliphatic hydroxyl groups excluding tert-OH is 1. The molecule has 2 unspecified atom stereocenters. The third-order valence-electron chi connectivity index (χ3n) is 5.07. The van der Waals surface area contributed by atoms with Crippen molar-refractivity contribution in [2.45, 2.75) is 31.7 Å². The second-order valence-electron chi connectivity index (χ2n) is 7.05. The minimum absolute atomic E-state index is 0.232. The fourth-order valence-corrected chi connectivity index (χ4v) is 3.55. The zero-order chi connectivity index (χ0) is 21.2. The predicted octanol–water partition coefficient (Wildman–Crippen LogP) is 3.42. The number of likely N-dealkylation sites (N-methyl/N-ethyl adjacent to an activating group) is 1. The third kappa shape index (κ3) is 6.96. The number of hydrogen-bond acceptors (Lipinski definition) is 4. The summed E-state index contributed by atoms with van der Waals surface area (Å²) in [6.45, 7) is -0.271. The number of carbonyl (C=O) groups excluding carboxylic acids is 2. The quantitative estimate of drug-likeness (QED) is 0.372. The van der Waals surface area contributed by atoms with Gasteiger partial charge in [-0.1, -0.05) is 46.3 Å². The number of amides is 2. The fraction of sp³-hybridized carbons (Fsp3) is 0.364. The maximum Gasteiger partial charge on any atom is 0.253 e. The molecule has 0 heterocycles. The molecular weight excluding hydrogens is 436 g/mol. The molecule has 0 aromatic heterocycles. The van der Waals surface area contributed by atoms with Crippen LogP contribution in [0.4, 0.5) is 0 Å². The van der Waals surface area contributed by atoms with Gasteiger partial charge in [-0.2, -0.15) is 0 Å². The van der Waals surface area contributed by atoms with Crippen molar-refractivity contribution in [1.29, 1.82) is 0 Å². The van der Waals surface area contributed by atoms with Crippen LogP contribution in [0.2, 0.25) is 0 Å². The Labute approximate surface area is 179 Å². The van der Waals surface area contributed by atoms with Gasteiger partial charge in [0, 0.05) is 23.0 Å². The summed E-state index contributed by atoms with van der Waals surface area (Å²) in [5.41, 5.74) is 3.40. The van der Waals surface area contributed by atoms with Gasteiger partial charge in [-0.05, 0) is 55.5 Å². The van der Waals surface area contributed by atoms with Crippen molar-refractivity contribution in [1.82, 2.24) is 10.4 Å². The van der Waals surface area contributed by atoms with Crippen LogP contribution >= 0.6 is 15.9 Å². The van der Waals surface area contributed by atoms with Gasteiger partial charge in [0.1, 0.15) is 0 Å². The first-order valence-electron chi connectivity index (χ1n) is 9.57. The van der Waals surface area contributed by atoms with E-state index in [1.54, 1.807) is 36.8 Å².